The average Bonchev–Trinajstić information content (AvgIpc) is 3.19. The molecule has 0 aliphatic carbocycles. The molecule has 0 radical (unpaired) electrons. The lowest BCUT2D eigenvalue weighted by atomic mass is 10.0. The van der Waals surface area contributed by atoms with Crippen molar-refractivity contribution in [2.24, 2.45) is 5.73 Å². The Hall–Kier alpha value is -1.02. The molecule has 0 aromatic heterocycles. The number of carbonyl (C=O) groups is 1. The Labute approximate surface area is 347 Å². The molecule has 9 heteroatoms. The molecule has 0 saturated carbocycles. The lowest BCUT2D eigenvalue weighted by Gasteiger charge is -2.23. The van der Waals surface area contributed by atoms with Crippen molar-refractivity contribution in [2.45, 2.75) is 251 Å². The van der Waals surface area contributed by atoms with Gasteiger partial charge in [0.15, 0.2) is 0 Å². The molecule has 0 aromatic carbocycles. The van der Waals surface area contributed by atoms with E-state index in [-0.39, 0.29) is 25.7 Å². The zero-order valence-corrected chi connectivity index (χ0v) is 37.8. The Morgan fingerprint density at radius 3 is 1.32 bits per heavy atom. The first-order valence-electron chi connectivity index (χ1n) is 24.0. The van der Waals surface area contributed by atoms with Gasteiger partial charge < -0.3 is 21.1 Å². The number of amides is 1. The van der Waals surface area contributed by atoms with E-state index in [2.05, 4.69) is 31.3 Å². The number of phosphoric ester groups is 1. The molecule has 0 aromatic rings. The first-order valence-corrected chi connectivity index (χ1v) is 25.5. The molecule has 3 atom stereocenters. The molecule has 332 valence electrons. The number of allylic oxidation sites excluding steroid dienone is 3. The van der Waals surface area contributed by atoms with E-state index in [0.717, 1.165) is 38.5 Å². The molecule has 8 nitrogen and oxygen atoms in total. The van der Waals surface area contributed by atoms with Crippen LogP contribution in [0.25, 0.3) is 0 Å². The number of nitrogens with two attached hydrogens (primary N) is 1. The molecule has 0 rings (SSSR count). The van der Waals surface area contributed by atoms with Crippen LogP contribution in [0.2, 0.25) is 0 Å². The highest BCUT2D eigenvalue weighted by atomic mass is 31.2. The van der Waals surface area contributed by atoms with Gasteiger partial charge in [0.05, 0.1) is 25.4 Å². The van der Waals surface area contributed by atoms with E-state index in [1.165, 1.54) is 180 Å². The van der Waals surface area contributed by atoms with Crippen LogP contribution in [0.1, 0.15) is 239 Å². The van der Waals surface area contributed by atoms with Crippen LogP contribution >= 0.6 is 7.82 Å². The van der Waals surface area contributed by atoms with E-state index in [0.29, 0.717) is 6.42 Å². The number of aliphatic hydroxyl groups is 1. The van der Waals surface area contributed by atoms with Crippen LogP contribution in [0.4, 0.5) is 0 Å². The smallest absolute Gasteiger partial charge is 0.387 e. The van der Waals surface area contributed by atoms with Gasteiger partial charge in [0.25, 0.3) is 0 Å². The van der Waals surface area contributed by atoms with E-state index in [4.69, 9.17) is 14.8 Å². The minimum atomic E-state index is -4.34. The van der Waals surface area contributed by atoms with Gasteiger partial charge in [-0.25, -0.2) is 4.57 Å². The molecule has 0 aliphatic rings. The molecular weight excluding hydrogens is 719 g/mol. The van der Waals surface area contributed by atoms with Crippen molar-refractivity contribution in [1.29, 1.82) is 0 Å². The molecule has 0 saturated heterocycles. The molecule has 3 unspecified atom stereocenters. The van der Waals surface area contributed by atoms with Crippen molar-refractivity contribution in [3.63, 3.8) is 0 Å². The summed E-state index contributed by atoms with van der Waals surface area (Å²) < 4.78 is 22.2. The maximum Gasteiger partial charge on any atom is 0.472 e. The standard InChI is InChI=1S/C47H93N2O6P/c1-3-5-7-9-11-13-15-17-19-20-21-22-23-24-25-26-27-29-31-33-35-37-39-41-47(51)49-45(44-55-56(52,53)54-43-42-48)46(50)40-38-36-34-32-30-28-18-16-14-12-10-8-6-4-2/h20-21,38,40,45-46,50H,3-19,22-37,39,41-44,48H2,1-2H3,(H,49,51)(H,52,53)/b21-20-,40-38+. The SMILES string of the molecule is CCCCCCCCCC/C=C\CCCCCCCCCCCCCC(=O)NC(COP(=O)(O)OCCN)C(O)/C=C/CCCCCCCCCCCCCC. The van der Waals surface area contributed by atoms with E-state index < -0.39 is 20.0 Å². The number of unbranched alkanes of at least 4 members (excludes halogenated alkanes) is 31. The lowest BCUT2D eigenvalue weighted by Crippen LogP contribution is -2.45. The minimum absolute atomic E-state index is 0.0797. The molecule has 56 heavy (non-hydrogen) atoms. The number of nitrogens with one attached hydrogen (secondary N) is 1. The molecule has 0 bridgehead atoms. The predicted molar refractivity (Wildman–Crippen MR) is 240 cm³/mol. The number of aliphatic hydroxyl groups excluding tert-OH is 1. The molecule has 0 spiro atoms. The largest absolute Gasteiger partial charge is 0.472 e. The zero-order chi connectivity index (χ0) is 41.1. The predicted octanol–water partition coefficient (Wildman–Crippen LogP) is 13.7. The normalized spacial score (nSPS) is 14.2. The van der Waals surface area contributed by atoms with Crippen molar-refractivity contribution in [1.82, 2.24) is 5.32 Å². The van der Waals surface area contributed by atoms with Gasteiger partial charge in [-0.2, -0.15) is 0 Å². The number of rotatable bonds is 45. The zero-order valence-electron chi connectivity index (χ0n) is 36.9. The molecular formula is C47H93N2O6P. The quantitative estimate of drug-likeness (QED) is 0.0273. The second-order valence-corrected chi connectivity index (χ2v) is 17.8. The summed E-state index contributed by atoms with van der Waals surface area (Å²) in [4.78, 5) is 22.7. The lowest BCUT2D eigenvalue weighted by molar-refractivity contribution is -0.123. The van der Waals surface area contributed by atoms with Gasteiger partial charge >= 0.3 is 7.82 Å². The molecule has 5 N–H and O–H groups in total. The highest BCUT2D eigenvalue weighted by Gasteiger charge is 2.26. The Morgan fingerprint density at radius 1 is 0.571 bits per heavy atom. The second-order valence-electron chi connectivity index (χ2n) is 16.3. The summed E-state index contributed by atoms with van der Waals surface area (Å²) >= 11 is 0. The Morgan fingerprint density at radius 2 is 0.929 bits per heavy atom. The molecule has 0 heterocycles. The third-order valence-corrected chi connectivity index (χ3v) is 11.8. The summed E-state index contributed by atoms with van der Waals surface area (Å²) in [6.07, 6.45) is 50.9. The van der Waals surface area contributed by atoms with Crippen LogP contribution < -0.4 is 11.1 Å². The summed E-state index contributed by atoms with van der Waals surface area (Å²) in [7, 11) is -4.34. The third kappa shape index (κ3) is 41.2. The van der Waals surface area contributed by atoms with Crippen LogP contribution in [0.5, 0.6) is 0 Å². The summed E-state index contributed by atoms with van der Waals surface area (Å²) in [5.41, 5.74) is 5.38. The Bertz CT molecular complexity index is 932. The van der Waals surface area contributed by atoms with Gasteiger partial charge in [0.1, 0.15) is 0 Å². The fourth-order valence-corrected chi connectivity index (χ4v) is 7.89. The van der Waals surface area contributed by atoms with Gasteiger partial charge in [-0.15, -0.1) is 0 Å². The fraction of sp³-hybridized carbons (Fsp3) is 0.894. The van der Waals surface area contributed by atoms with Crippen molar-refractivity contribution >= 4 is 13.7 Å². The van der Waals surface area contributed by atoms with Crippen molar-refractivity contribution in [3.05, 3.63) is 24.3 Å². The van der Waals surface area contributed by atoms with Gasteiger partial charge in [-0.05, 0) is 44.9 Å². The van der Waals surface area contributed by atoms with Crippen molar-refractivity contribution in [3.8, 4) is 0 Å². The van der Waals surface area contributed by atoms with Crippen LogP contribution in [-0.2, 0) is 18.4 Å². The molecule has 0 aliphatic heterocycles. The van der Waals surface area contributed by atoms with E-state index in [1.807, 2.05) is 6.08 Å². The van der Waals surface area contributed by atoms with Crippen molar-refractivity contribution < 1.29 is 28.4 Å². The summed E-state index contributed by atoms with van der Waals surface area (Å²) in [5.74, 6) is -0.193. The minimum Gasteiger partial charge on any atom is -0.387 e. The van der Waals surface area contributed by atoms with Gasteiger partial charge in [0.2, 0.25) is 5.91 Å². The molecule has 1 amide bonds. The van der Waals surface area contributed by atoms with Crippen molar-refractivity contribution in [2.75, 3.05) is 19.8 Å². The first kappa shape index (κ1) is 55.0. The monoisotopic (exact) mass is 813 g/mol. The number of hydrogen-bond acceptors (Lipinski definition) is 6. The topological polar surface area (TPSA) is 131 Å². The van der Waals surface area contributed by atoms with E-state index in [9.17, 15) is 19.4 Å². The van der Waals surface area contributed by atoms with Crippen LogP contribution in [0.15, 0.2) is 24.3 Å². The number of carbonyl (C=O) groups excluding carboxylic acids is 1. The second kappa shape index (κ2) is 43.6. The third-order valence-electron chi connectivity index (χ3n) is 10.8. The first-order chi connectivity index (χ1) is 27.4. The number of hydrogen-bond donors (Lipinski definition) is 4. The van der Waals surface area contributed by atoms with Crippen LogP contribution in [0, 0.1) is 0 Å². The maximum atomic E-state index is 12.8. The molecule has 0 fully saturated rings. The maximum absolute atomic E-state index is 12.8. The van der Waals surface area contributed by atoms with E-state index >= 15 is 0 Å². The number of phosphoric acid groups is 1. The van der Waals surface area contributed by atoms with E-state index in [1.54, 1.807) is 6.08 Å². The fourth-order valence-electron chi connectivity index (χ4n) is 7.13. The Balaban J connectivity index is 4.07. The Kier molecular flexibility index (Phi) is 42.8. The van der Waals surface area contributed by atoms with Gasteiger partial charge in [0, 0.05) is 13.0 Å². The van der Waals surface area contributed by atoms with Crippen LogP contribution in [-0.4, -0.2) is 47.8 Å². The van der Waals surface area contributed by atoms with Crippen LogP contribution in [0.3, 0.4) is 0 Å². The average molecular weight is 813 g/mol. The highest BCUT2D eigenvalue weighted by molar-refractivity contribution is 7.47. The summed E-state index contributed by atoms with van der Waals surface area (Å²) in [6, 6.07) is -0.858. The van der Waals surface area contributed by atoms with Gasteiger partial charge in [-0.1, -0.05) is 212 Å². The summed E-state index contributed by atoms with van der Waals surface area (Å²) in [6.45, 7) is 4.15. The van der Waals surface area contributed by atoms with Gasteiger partial charge in [-0.3, -0.25) is 13.8 Å². The summed E-state index contributed by atoms with van der Waals surface area (Å²) in [5, 5.41) is 13.7. The highest BCUT2D eigenvalue weighted by Crippen LogP contribution is 2.43.